The van der Waals surface area contributed by atoms with E-state index >= 15 is 0 Å². The Morgan fingerprint density at radius 1 is 1.13 bits per heavy atom. The molecule has 2 aromatic rings. The second kappa shape index (κ2) is 7.78. The van der Waals surface area contributed by atoms with Gasteiger partial charge in [0.2, 0.25) is 5.91 Å². The maximum absolute atomic E-state index is 14.3. The van der Waals surface area contributed by atoms with Crippen LogP contribution in [-0.2, 0) is 11.3 Å². The van der Waals surface area contributed by atoms with E-state index in [2.05, 4.69) is 20.1 Å². The van der Waals surface area contributed by atoms with Crippen molar-refractivity contribution < 1.29 is 13.6 Å². The molecule has 4 heterocycles. The fourth-order valence-electron chi connectivity index (χ4n) is 4.74. The van der Waals surface area contributed by atoms with Crippen LogP contribution in [0.4, 0.5) is 26.0 Å². The van der Waals surface area contributed by atoms with Crippen LogP contribution in [0.1, 0.15) is 24.0 Å². The van der Waals surface area contributed by atoms with Crippen LogP contribution >= 0.6 is 0 Å². The molecule has 3 aliphatic heterocycles. The molecule has 5 rings (SSSR count). The summed E-state index contributed by atoms with van der Waals surface area (Å²) < 4.78 is 28.6. The Bertz CT molecular complexity index is 1050. The number of anilines is 3. The Balaban J connectivity index is 1.25. The molecule has 0 saturated carbocycles. The summed E-state index contributed by atoms with van der Waals surface area (Å²) in [6.07, 6.45) is 3.70. The summed E-state index contributed by atoms with van der Waals surface area (Å²) in [4.78, 5) is 22.9. The Labute approximate surface area is 178 Å². The van der Waals surface area contributed by atoms with Crippen molar-refractivity contribution in [3.8, 4) is 6.07 Å². The predicted octanol–water partition coefficient (Wildman–Crippen LogP) is 2.47. The van der Waals surface area contributed by atoms with Crippen LogP contribution in [0.5, 0.6) is 0 Å². The summed E-state index contributed by atoms with van der Waals surface area (Å²) >= 11 is 0. The van der Waals surface area contributed by atoms with Gasteiger partial charge in [0, 0.05) is 45.5 Å². The Morgan fingerprint density at radius 3 is 2.58 bits per heavy atom. The molecule has 0 aliphatic carbocycles. The minimum Gasteiger partial charge on any atom is -0.364 e. The number of amides is 1. The number of piperazine rings is 1. The van der Waals surface area contributed by atoms with Crippen molar-refractivity contribution in [2.24, 2.45) is 0 Å². The van der Waals surface area contributed by atoms with E-state index in [1.807, 2.05) is 12.3 Å². The first kappa shape index (κ1) is 19.7. The van der Waals surface area contributed by atoms with E-state index in [-0.39, 0.29) is 23.2 Å². The standard InChI is InChI=1S/C22H22F2N6O/c23-16-8-14(11-25)9-17(24)20(16)29-6-4-28(5-7-29)13-15-10-18-21(26-12-15)30-3-1-2-19(30)22(31)27-18/h8-10,12,19H,1-7,13H2,(H,27,31)/t19-/m0/s1. The molecular weight excluding hydrogens is 402 g/mol. The molecule has 1 atom stereocenters. The highest BCUT2D eigenvalue weighted by atomic mass is 19.1. The fourth-order valence-corrected chi connectivity index (χ4v) is 4.74. The molecule has 1 aromatic carbocycles. The number of nitrogens with one attached hydrogen (secondary N) is 1. The second-order valence-electron chi connectivity index (χ2n) is 8.22. The number of pyridine rings is 1. The molecular formula is C22H22F2N6O. The number of rotatable bonds is 3. The summed E-state index contributed by atoms with van der Waals surface area (Å²) in [6, 6.07) is 5.78. The van der Waals surface area contributed by atoms with Crippen molar-refractivity contribution in [2.45, 2.75) is 25.4 Å². The quantitative estimate of drug-likeness (QED) is 0.816. The van der Waals surface area contributed by atoms with Gasteiger partial charge < -0.3 is 15.1 Å². The number of hydrogen-bond donors (Lipinski definition) is 1. The summed E-state index contributed by atoms with van der Waals surface area (Å²) in [6.45, 7) is 3.72. The topological polar surface area (TPSA) is 75.5 Å². The third-order valence-electron chi connectivity index (χ3n) is 6.25. The van der Waals surface area contributed by atoms with Gasteiger partial charge in [0.1, 0.15) is 11.7 Å². The molecule has 0 radical (unpaired) electrons. The van der Waals surface area contributed by atoms with Gasteiger partial charge in [-0.2, -0.15) is 5.26 Å². The summed E-state index contributed by atoms with van der Waals surface area (Å²) in [5, 5.41) is 11.8. The lowest BCUT2D eigenvalue weighted by molar-refractivity contribution is -0.117. The monoisotopic (exact) mass is 424 g/mol. The number of fused-ring (bicyclic) bond motifs is 3. The highest BCUT2D eigenvalue weighted by molar-refractivity contribution is 6.03. The fraction of sp³-hybridized carbons (Fsp3) is 0.409. The highest BCUT2D eigenvalue weighted by Crippen LogP contribution is 2.35. The van der Waals surface area contributed by atoms with E-state index < -0.39 is 11.6 Å². The number of carbonyl (C=O) groups is 1. The predicted molar refractivity (Wildman–Crippen MR) is 112 cm³/mol. The number of halogens is 2. The summed E-state index contributed by atoms with van der Waals surface area (Å²) in [7, 11) is 0. The van der Waals surface area contributed by atoms with Gasteiger partial charge in [0.05, 0.1) is 17.3 Å². The number of nitriles is 1. The normalized spacial score (nSPS) is 20.8. The van der Waals surface area contributed by atoms with E-state index in [4.69, 9.17) is 5.26 Å². The number of carbonyl (C=O) groups excluding carboxylic acids is 1. The molecule has 160 valence electrons. The summed E-state index contributed by atoms with van der Waals surface area (Å²) in [5.41, 5.74) is 1.64. The zero-order chi connectivity index (χ0) is 21.5. The molecule has 7 nitrogen and oxygen atoms in total. The van der Waals surface area contributed by atoms with Gasteiger partial charge in [0.25, 0.3) is 0 Å². The van der Waals surface area contributed by atoms with Gasteiger partial charge in [-0.3, -0.25) is 9.69 Å². The average Bonchev–Trinajstić information content (AvgIpc) is 3.25. The van der Waals surface area contributed by atoms with E-state index in [1.54, 1.807) is 11.0 Å². The summed E-state index contributed by atoms with van der Waals surface area (Å²) in [5.74, 6) is -0.550. The molecule has 2 fully saturated rings. The van der Waals surface area contributed by atoms with Crippen LogP contribution in [0.3, 0.4) is 0 Å². The maximum atomic E-state index is 14.3. The van der Waals surface area contributed by atoms with Gasteiger partial charge in [-0.15, -0.1) is 0 Å². The number of nitrogens with zero attached hydrogens (tertiary/aromatic N) is 5. The van der Waals surface area contributed by atoms with Gasteiger partial charge >= 0.3 is 0 Å². The van der Waals surface area contributed by atoms with E-state index in [0.717, 1.165) is 48.6 Å². The van der Waals surface area contributed by atoms with Crippen molar-refractivity contribution >= 4 is 23.1 Å². The minimum atomic E-state index is -0.708. The maximum Gasteiger partial charge on any atom is 0.247 e. The molecule has 3 aliphatic rings. The molecule has 0 bridgehead atoms. The number of aromatic nitrogens is 1. The lowest BCUT2D eigenvalue weighted by Gasteiger charge is -2.36. The third-order valence-corrected chi connectivity index (χ3v) is 6.25. The van der Waals surface area contributed by atoms with Crippen LogP contribution in [-0.4, -0.2) is 54.6 Å². The molecule has 1 amide bonds. The minimum absolute atomic E-state index is 0.0235. The Morgan fingerprint density at radius 2 is 1.87 bits per heavy atom. The molecule has 1 N–H and O–H groups in total. The smallest absolute Gasteiger partial charge is 0.247 e. The molecule has 31 heavy (non-hydrogen) atoms. The zero-order valence-electron chi connectivity index (χ0n) is 16.9. The van der Waals surface area contributed by atoms with Crippen LogP contribution < -0.4 is 15.1 Å². The van der Waals surface area contributed by atoms with Crippen molar-refractivity contribution in [3.05, 3.63) is 47.2 Å². The first-order valence-electron chi connectivity index (χ1n) is 10.5. The first-order valence-corrected chi connectivity index (χ1v) is 10.5. The second-order valence-corrected chi connectivity index (χ2v) is 8.22. The van der Waals surface area contributed by atoms with Crippen molar-refractivity contribution in [1.29, 1.82) is 5.26 Å². The van der Waals surface area contributed by atoms with Gasteiger partial charge in [-0.25, -0.2) is 13.8 Å². The van der Waals surface area contributed by atoms with Crippen LogP contribution in [0.25, 0.3) is 0 Å². The van der Waals surface area contributed by atoms with Gasteiger partial charge in [-0.1, -0.05) is 0 Å². The van der Waals surface area contributed by atoms with Crippen molar-refractivity contribution in [2.75, 3.05) is 47.8 Å². The number of benzene rings is 1. The number of hydrogen-bond acceptors (Lipinski definition) is 6. The Hall–Kier alpha value is -3.25. The van der Waals surface area contributed by atoms with E-state index in [9.17, 15) is 13.6 Å². The van der Waals surface area contributed by atoms with Crippen LogP contribution in [0.2, 0.25) is 0 Å². The SMILES string of the molecule is N#Cc1cc(F)c(N2CCN(Cc3cnc4c(c3)NC(=O)[C@@H]3CCCN43)CC2)c(F)c1. The van der Waals surface area contributed by atoms with Gasteiger partial charge in [0.15, 0.2) is 17.5 Å². The molecule has 9 heteroatoms. The molecule has 0 unspecified atom stereocenters. The van der Waals surface area contributed by atoms with Crippen molar-refractivity contribution in [3.63, 3.8) is 0 Å². The molecule has 0 spiro atoms. The Kier molecular flexibility index (Phi) is 4.94. The van der Waals surface area contributed by atoms with Crippen LogP contribution in [0.15, 0.2) is 24.4 Å². The van der Waals surface area contributed by atoms with Crippen LogP contribution in [0, 0.1) is 23.0 Å². The zero-order valence-corrected chi connectivity index (χ0v) is 16.9. The van der Waals surface area contributed by atoms with E-state index in [1.165, 1.54) is 0 Å². The first-order chi connectivity index (χ1) is 15.0. The lowest BCUT2D eigenvalue weighted by atomic mass is 10.1. The molecule has 1 aromatic heterocycles. The molecule has 2 saturated heterocycles. The lowest BCUT2D eigenvalue weighted by Crippen LogP contribution is -2.46. The highest BCUT2D eigenvalue weighted by Gasteiger charge is 2.37. The average molecular weight is 424 g/mol. The largest absolute Gasteiger partial charge is 0.364 e. The van der Waals surface area contributed by atoms with Gasteiger partial charge in [-0.05, 0) is 36.6 Å². The van der Waals surface area contributed by atoms with E-state index in [0.29, 0.717) is 32.7 Å². The third kappa shape index (κ3) is 3.57. The van der Waals surface area contributed by atoms with Crippen molar-refractivity contribution in [1.82, 2.24) is 9.88 Å².